The first-order valence-electron chi connectivity index (χ1n) is 4.97. The first-order chi connectivity index (χ1) is 7.29. The Labute approximate surface area is 94.6 Å². The molecule has 15 heavy (non-hydrogen) atoms. The van der Waals surface area contributed by atoms with Crippen molar-refractivity contribution >= 4 is 11.8 Å². The molecule has 1 atom stereocenters. The van der Waals surface area contributed by atoms with Crippen molar-refractivity contribution in [1.82, 2.24) is 9.97 Å². The summed E-state index contributed by atoms with van der Waals surface area (Å²) in [6.07, 6.45) is 4.41. The van der Waals surface area contributed by atoms with Crippen LogP contribution in [0.4, 0.5) is 0 Å². The van der Waals surface area contributed by atoms with Crippen LogP contribution in [0.1, 0.15) is 25.1 Å². The van der Waals surface area contributed by atoms with Gasteiger partial charge in [0.2, 0.25) is 5.88 Å². The first kappa shape index (κ1) is 12.3. The number of methoxy groups -OCH3 is 1. The predicted molar refractivity (Wildman–Crippen MR) is 63.1 cm³/mol. The van der Waals surface area contributed by atoms with Gasteiger partial charge in [0.05, 0.1) is 13.2 Å². The van der Waals surface area contributed by atoms with Crippen molar-refractivity contribution in [1.29, 1.82) is 0 Å². The summed E-state index contributed by atoms with van der Waals surface area (Å²) in [5, 5.41) is 0. The molecular formula is C10H17N3OS. The van der Waals surface area contributed by atoms with Crippen LogP contribution < -0.4 is 10.5 Å². The molecule has 4 nitrogen and oxygen atoms in total. The SMILES string of the molecule is CCCSCC(N)c1nccnc1OC. The van der Waals surface area contributed by atoms with E-state index in [9.17, 15) is 0 Å². The van der Waals surface area contributed by atoms with Crippen LogP contribution in [0.3, 0.4) is 0 Å². The lowest BCUT2D eigenvalue weighted by molar-refractivity contribution is 0.386. The van der Waals surface area contributed by atoms with Crippen LogP contribution in [0.2, 0.25) is 0 Å². The van der Waals surface area contributed by atoms with Crippen molar-refractivity contribution in [3.8, 4) is 5.88 Å². The smallest absolute Gasteiger partial charge is 0.237 e. The van der Waals surface area contributed by atoms with Crippen LogP contribution >= 0.6 is 11.8 Å². The second kappa shape index (κ2) is 6.63. The number of rotatable bonds is 6. The molecular weight excluding hydrogens is 210 g/mol. The van der Waals surface area contributed by atoms with Crippen molar-refractivity contribution in [3.63, 3.8) is 0 Å². The van der Waals surface area contributed by atoms with Gasteiger partial charge in [0.25, 0.3) is 0 Å². The molecule has 0 radical (unpaired) electrons. The number of ether oxygens (including phenoxy) is 1. The van der Waals surface area contributed by atoms with E-state index >= 15 is 0 Å². The van der Waals surface area contributed by atoms with Gasteiger partial charge < -0.3 is 10.5 Å². The highest BCUT2D eigenvalue weighted by molar-refractivity contribution is 7.99. The molecule has 0 aliphatic heterocycles. The summed E-state index contributed by atoms with van der Waals surface area (Å²) < 4.78 is 5.11. The van der Waals surface area contributed by atoms with E-state index in [2.05, 4.69) is 16.9 Å². The van der Waals surface area contributed by atoms with Gasteiger partial charge in [-0.05, 0) is 12.2 Å². The van der Waals surface area contributed by atoms with Gasteiger partial charge in [0, 0.05) is 18.1 Å². The van der Waals surface area contributed by atoms with Crippen LogP contribution in [-0.4, -0.2) is 28.6 Å². The van der Waals surface area contributed by atoms with Crippen molar-refractivity contribution in [2.45, 2.75) is 19.4 Å². The average molecular weight is 227 g/mol. The molecule has 1 heterocycles. The Morgan fingerprint density at radius 1 is 1.47 bits per heavy atom. The molecule has 0 amide bonds. The fraction of sp³-hybridized carbons (Fsp3) is 0.600. The molecule has 0 saturated heterocycles. The minimum Gasteiger partial charge on any atom is -0.480 e. The molecule has 84 valence electrons. The quantitative estimate of drug-likeness (QED) is 0.748. The Bertz CT molecular complexity index is 296. The van der Waals surface area contributed by atoms with Crippen molar-refractivity contribution in [3.05, 3.63) is 18.1 Å². The number of aromatic nitrogens is 2. The zero-order valence-corrected chi connectivity index (χ0v) is 9.96. The van der Waals surface area contributed by atoms with Gasteiger partial charge in [-0.1, -0.05) is 6.92 Å². The molecule has 0 aliphatic rings. The van der Waals surface area contributed by atoms with Gasteiger partial charge in [0.1, 0.15) is 5.69 Å². The third-order valence-corrected chi connectivity index (χ3v) is 3.17. The fourth-order valence-corrected chi connectivity index (χ4v) is 2.05. The summed E-state index contributed by atoms with van der Waals surface area (Å²) in [5.41, 5.74) is 6.75. The molecule has 0 fully saturated rings. The highest BCUT2D eigenvalue weighted by Gasteiger charge is 2.13. The maximum absolute atomic E-state index is 6.01. The molecule has 0 aromatic carbocycles. The van der Waals surface area contributed by atoms with Gasteiger partial charge in [-0.25, -0.2) is 4.98 Å². The zero-order chi connectivity index (χ0) is 11.1. The number of nitrogens with two attached hydrogens (primary N) is 1. The van der Waals surface area contributed by atoms with Crippen molar-refractivity contribution < 1.29 is 4.74 Å². The molecule has 0 spiro atoms. The fourth-order valence-electron chi connectivity index (χ4n) is 1.18. The lowest BCUT2D eigenvalue weighted by atomic mass is 10.2. The number of nitrogens with zero attached hydrogens (tertiary/aromatic N) is 2. The molecule has 0 bridgehead atoms. The molecule has 0 saturated carbocycles. The summed E-state index contributed by atoms with van der Waals surface area (Å²) in [4.78, 5) is 8.27. The topological polar surface area (TPSA) is 61.0 Å². The highest BCUT2D eigenvalue weighted by Crippen LogP contribution is 2.21. The van der Waals surface area contributed by atoms with Gasteiger partial charge >= 0.3 is 0 Å². The van der Waals surface area contributed by atoms with Crippen LogP contribution in [0.5, 0.6) is 5.88 Å². The van der Waals surface area contributed by atoms with Crippen molar-refractivity contribution in [2.24, 2.45) is 5.73 Å². The van der Waals surface area contributed by atoms with E-state index in [1.165, 1.54) is 0 Å². The van der Waals surface area contributed by atoms with Gasteiger partial charge in [-0.2, -0.15) is 11.8 Å². The molecule has 0 aliphatic carbocycles. The predicted octanol–water partition coefficient (Wildman–Crippen LogP) is 1.63. The zero-order valence-electron chi connectivity index (χ0n) is 9.14. The Kier molecular flexibility index (Phi) is 5.42. The third-order valence-electron chi connectivity index (χ3n) is 1.88. The second-order valence-corrected chi connectivity index (χ2v) is 4.28. The van der Waals surface area contributed by atoms with E-state index in [1.54, 1.807) is 19.5 Å². The summed E-state index contributed by atoms with van der Waals surface area (Å²) in [6.45, 7) is 2.15. The van der Waals surface area contributed by atoms with Gasteiger partial charge in [-0.15, -0.1) is 0 Å². The minimum atomic E-state index is -0.106. The first-order valence-corrected chi connectivity index (χ1v) is 6.13. The Morgan fingerprint density at radius 3 is 2.87 bits per heavy atom. The van der Waals surface area contributed by atoms with E-state index in [-0.39, 0.29) is 6.04 Å². The third kappa shape index (κ3) is 3.68. The second-order valence-electron chi connectivity index (χ2n) is 3.13. The Hall–Kier alpha value is -0.810. The van der Waals surface area contributed by atoms with Gasteiger partial charge in [0.15, 0.2) is 0 Å². The molecule has 5 heteroatoms. The number of hydrogen-bond acceptors (Lipinski definition) is 5. The van der Waals surface area contributed by atoms with E-state index in [0.717, 1.165) is 23.6 Å². The van der Waals surface area contributed by atoms with E-state index in [0.29, 0.717) is 5.88 Å². The molecule has 1 aromatic heterocycles. The molecule has 1 unspecified atom stereocenters. The van der Waals surface area contributed by atoms with E-state index in [1.807, 2.05) is 11.8 Å². The maximum atomic E-state index is 6.01. The Morgan fingerprint density at radius 2 is 2.20 bits per heavy atom. The maximum Gasteiger partial charge on any atom is 0.237 e. The van der Waals surface area contributed by atoms with Crippen LogP contribution in [0, 0.1) is 0 Å². The van der Waals surface area contributed by atoms with Gasteiger partial charge in [-0.3, -0.25) is 4.98 Å². The standard InChI is InChI=1S/C10H17N3OS/c1-3-6-15-7-8(11)9-10(14-2)13-5-4-12-9/h4-5,8H,3,6-7,11H2,1-2H3. The van der Waals surface area contributed by atoms with E-state index < -0.39 is 0 Å². The summed E-state index contributed by atoms with van der Waals surface area (Å²) in [6, 6.07) is -0.106. The van der Waals surface area contributed by atoms with Crippen molar-refractivity contribution in [2.75, 3.05) is 18.6 Å². The summed E-state index contributed by atoms with van der Waals surface area (Å²) in [5.74, 6) is 2.50. The lowest BCUT2D eigenvalue weighted by Gasteiger charge is -2.12. The van der Waals surface area contributed by atoms with Crippen LogP contribution in [0.25, 0.3) is 0 Å². The molecule has 2 N–H and O–H groups in total. The number of hydrogen-bond donors (Lipinski definition) is 1. The summed E-state index contributed by atoms with van der Waals surface area (Å²) >= 11 is 1.83. The monoisotopic (exact) mass is 227 g/mol. The minimum absolute atomic E-state index is 0.106. The number of thioether (sulfide) groups is 1. The highest BCUT2D eigenvalue weighted by atomic mass is 32.2. The average Bonchev–Trinajstić information content (AvgIpc) is 2.29. The largest absolute Gasteiger partial charge is 0.480 e. The van der Waals surface area contributed by atoms with Crippen LogP contribution in [0.15, 0.2) is 12.4 Å². The Balaban J connectivity index is 2.59. The normalized spacial score (nSPS) is 12.5. The van der Waals surface area contributed by atoms with Crippen LogP contribution in [-0.2, 0) is 0 Å². The molecule has 1 aromatic rings. The molecule has 1 rings (SSSR count). The van der Waals surface area contributed by atoms with E-state index in [4.69, 9.17) is 10.5 Å². The summed E-state index contributed by atoms with van der Waals surface area (Å²) in [7, 11) is 1.58. The lowest BCUT2D eigenvalue weighted by Crippen LogP contribution is -2.16.